The number of furan rings is 1. The van der Waals surface area contributed by atoms with Crippen LogP contribution in [0.2, 0.25) is 0 Å². The van der Waals surface area contributed by atoms with E-state index in [4.69, 9.17) is 4.42 Å². The maximum atomic E-state index is 5.49. The Labute approximate surface area is 138 Å². The summed E-state index contributed by atoms with van der Waals surface area (Å²) < 4.78 is 7.28. The third-order valence-electron chi connectivity index (χ3n) is 2.97. The van der Waals surface area contributed by atoms with E-state index in [9.17, 15) is 0 Å². The molecule has 3 heterocycles. The van der Waals surface area contributed by atoms with E-state index in [1.54, 1.807) is 29.5 Å². The Balaban J connectivity index is 2.04. The molecule has 0 spiro atoms. The first kappa shape index (κ1) is 15.2. The first-order chi connectivity index (χ1) is 11.2. The monoisotopic (exact) mass is 324 g/mol. The molecule has 0 unspecified atom stereocenters. The molecular weight excluding hydrogens is 308 g/mol. The number of hydrogen-bond donors (Lipinski definition) is 0. The molecule has 0 bridgehead atoms. The van der Waals surface area contributed by atoms with E-state index in [2.05, 4.69) is 21.7 Å². The molecule has 0 saturated carbocycles. The standard InChI is InChI=1S/C17H16N4OS/c1-13(2)10-19-17-21(20-11-14-5-7-18-8-6-14)15(12-23-17)16-4-3-9-22-16/h3-9,11-12H,1,10H2,2H3. The largest absolute Gasteiger partial charge is 0.463 e. The zero-order chi connectivity index (χ0) is 16.1. The molecule has 116 valence electrons. The maximum Gasteiger partial charge on any atom is 0.206 e. The molecule has 0 saturated heterocycles. The van der Waals surface area contributed by atoms with E-state index in [0.717, 1.165) is 27.4 Å². The molecular formula is C17H16N4OS. The van der Waals surface area contributed by atoms with Crippen LogP contribution in [-0.2, 0) is 0 Å². The van der Waals surface area contributed by atoms with E-state index in [1.165, 1.54) is 11.3 Å². The second-order valence-electron chi connectivity index (χ2n) is 4.99. The van der Waals surface area contributed by atoms with Gasteiger partial charge in [0.2, 0.25) is 4.80 Å². The maximum absolute atomic E-state index is 5.49. The summed E-state index contributed by atoms with van der Waals surface area (Å²) in [4.78, 5) is 9.36. The van der Waals surface area contributed by atoms with E-state index >= 15 is 0 Å². The van der Waals surface area contributed by atoms with Gasteiger partial charge in [-0.3, -0.25) is 9.98 Å². The van der Waals surface area contributed by atoms with Crippen molar-refractivity contribution >= 4 is 17.6 Å². The molecule has 0 radical (unpaired) electrons. The fourth-order valence-corrected chi connectivity index (χ4v) is 2.71. The van der Waals surface area contributed by atoms with Crippen molar-refractivity contribution in [3.8, 4) is 11.5 Å². The lowest BCUT2D eigenvalue weighted by atomic mass is 10.3. The smallest absolute Gasteiger partial charge is 0.206 e. The van der Waals surface area contributed by atoms with Gasteiger partial charge in [-0.2, -0.15) is 5.10 Å². The van der Waals surface area contributed by atoms with Crippen LogP contribution in [0.3, 0.4) is 0 Å². The fraction of sp³-hybridized carbons (Fsp3) is 0.118. The lowest BCUT2D eigenvalue weighted by molar-refractivity contribution is 0.575. The molecule has 6 heteroatoms. The lowest BCUT2D eigenvalue weighted by Gasteiger charge is -2.00. The van der Waals surface area contributed by atoms with Crippen molar-refractivity contribution in [2.75, 3.05) is 6.54 Å². The Morgan fingerprint density at radius 2 is 2.22 bits per heavy atom. The summed E-state index contributed by atoms with van der Waals surface area (Å²) >= 11 is 1.52. The van der Waals surface area contributed by atoms with Gasteiger partial charge in [0.05, 0.1) is 19.0 Å². The highest BCUT2D eigenvalue weighted by molar-refractivity contribution is 7.07. The highest BCUT2D eigenvalue weighted by Crippen LogP contribution is 2.20. The van der Waals surface area contributed by atoms with Crippen LogP contribution in [0.25, 0.3) is 11.5 Å². The van der Waals surface area contributed by atoms with Crippen molar-refractivity contribution in [2.24, 2.45) is 10.1 Å². The van der Waals surface area contributed by atoms with Gasteiger partial charge in [-0.25, -0.2) is 4.68 Å². The molecule has 0 atom stereocenters. The van der Waals surface area contributed by atoms with E-state index in [0.29, 0.717) is 6.54 Å². The molecule has 3 aromatic heterocycles. The molecule has 0 aliphatic carbocycles. The van der Waals surface area contributed by atoms with Crippen molar-refractivity contribution in [2.45, 2.75) is 6.92 Å². The van der Waals surface area contributed by atoms with Crippen molar-refractivity contribution in [3.05, 3.63) is 70.8 Å². The molecule has 3 rings (SSSR count). The summed E-state index contributed by atoms with van der Waals surface area (Å²) in [5, 5.41) is 6.55. The van der Waals surface area contributed by atoms with Crippen molar-refractivity contribution in [3.63, 3.8) is 0 Å². The van der Waals surface area contributed by atoms with Crippen molar-refractivity contribution in [1.29, 1.82) is 0 Å². The van der Waals surface area contributed by atoms with Gasteiger partial charge in [0, 0.05) is 17.8 Å². The van der Waals surface area contributed by atoms with Gasteiger partial charge in [0.15, 0.2) is 5.76 Å². The fourth-order valence-electron chi connectivity index (χ4n) is 1.89. The van der Waals surface area contributed by atoms with Gasteiger partial charge in [-0.15, -0.1) is 11.3 Å². The van der Waals surface area contributed by atoms with Gasteiger partial charge in [0.25, 0.3) is 0 Å². The molecule has 0 amide bonds. The number of thiazole rings is 1. The Morgan fingerprint density at radius 1 is 1.39 bits per heavy atom. The summed E-state index contributed by atoms with van der Waals surface area (Å²) in [5.41, 5.74) is 2.84. The minimum absolute atomic E-state index is 0.572. The topological polar surface area (TPSA) is 55.7 Å². The summed E-state index contributed by atoms with van der Waals surface area (Å²) in [6, 6.07) is 7.55. The van der Waals surface area contributed by atoms with Crippen molar-refractivity contribution in [1.82, 2.24) is 9.66 Å². The van der Waals surface area contributed by atoms with Crippen LogP contribution in [-0.4, -0.2) is 22.4 Å². The Kier molecular flexibility index (Phi) is 4.63. The second kappa shape index (κ2) is 7.02. The number of pyridine rings is 1. The Morgan fingerprint density at radius 3 is 2.91 bits per heavy atom. The van der Waals surface area contributed by atoms with E-state index in [-0.39, 0.29) is 0 Å². The summed E-state index contributed by atoms with van der Waals surface area (Å²) in [5.74, 6) is 0.755. The molecule has 3 aromatic rings. The molecule has 0 aliphatic heterocycles. The lowest BCUT2D eigenvalue weighted by Crippen LogP contribution is -2.12. The summed E-state index contributed by atoms with van der Waals surface area (Å²) in [6.07, 6.45) is 6.90. The van der Waals surface area contributed by atoms with Gasteiger partial charge in [-0.05, 0) is 36.8 Å². The highest BCUT2D eigenvalue weighted by atomic mass is 32.1. The molecule has 5 nitrogen and oxygen atoms in total. The zero-order valence-electron chi connectivity index (χ0n) is 12.7. The van der Waals surface area contributed by atoms with Crippen molar-refractivity contribution < 1.29 is 4.42 Å². The van der Waals surface area contributed by atoms with Gasteiger partial charge in [-0.1, -0.05) is 12.2 Å². The predicted molar refractivity (Wildman–Crippen MR) is 92.5 cm³/mol. The van der Waals surface area contributed by atoms with Crippen LogP contribution < -0.4 is 4.80 Å². The van der Waals surface area contributed by atoms with Gasteiger partial charge < -0.3 is 4.42 Å². The molecule has 0 fully saturated rings. The third kappa shape index (κ3) is 3.73. The highest BCUT2D eigenvalue weighted by Gasteiger charge is 2.09. The second-order valence-corrected chi connectivity index (χ2v) is 5.83. The summed E-state index contributed by atoms with van der Waals surface area (Å²) in [6.45, 7) is 6.41. The average molecular weight is 324 g/mol. The Hall–Kier alpha value is -2.73. The number of rotatable bonds is 5. The van der Waals surface area contributed by atoms with Crippen LogP contribution in [0.5, 0.6) is 0 Å². The normalized spacial score (nSPS) is 12.1. The third-order valence-corrected chi connectivity index (χ3v) is 3.83. The Bertz CT molecular complexity index is 873. The first-order valence-corrected chi connectivity index (χ1v) is 7.95. The molecule has 0 aromatic carbocycles. The number of hydrogen-bond acceptors (Lipinski definition) is 5. The van der Waals surface area contributed by atoms with Crippen LogP contribution >= 0.6 is 11.3 Å². The molecule has 0 aliphatic rings. The molecule has 0 N–H and O–H groups in total. The van der Waals surface area contributed by atoms with Crippen LogP contribution in [0.1, 0.15) is 12.5 Å². The average Bonchev–Trinajstić information content (AvgIpc) is 3.21. The zero-order valence-corrected chi connectivity index (χ0v) is 13.5. The summed E-state index contributed by atoms with van der Waals surface area (Å²) in [7, 11) is 0. The van der Waals surface area contributed by atoms with E-state index < -0.39 is 0 Å². The quantitative estimate of drug-likeness (QED) is 0.532. The first-order valence-electron chi connectivity index (χ1n) is 7.08. The predicted octanol–water partition coefficient (Wildman–Crippen LogP) is 3.56. The number of aromatic nitrogens is 2. The van der Waals surface area contributed by atoms with Gasteiger partial charge in [0.1, 0.15) is 5.69 Å². The van der Waals surface area contributed by atoms with E-state index in [1.807, 2.05) is 36.6 Å². The molecule has 23 heavy (non-hydrogen) atoms. The van der Waals surface area contributed by atoms with Crippen LogP contribution in [0.4, 0.5) is 0 Å². The van der Waals surface area contributed by atoms with Crippen LogP contribution in [0.15, 0.2) is 75.0 Å². The minimum Gasteiger partial charge on any atom is -0.463 e. The minimum atomic E-state index is 0.572. The number of nitrogens with zero attached hydrogens (tertiary/aromatic N) is 4. The SMILES string of the molecule is C=C(C)CN=c1scc(-c2ccco2)n1N=Cc1ccncc1. The van der Waals surface area contributed by atoms with Crippen LogP contribution in [0, 0.1) is 0 Å². The van der Waals surface area contributed by atoms with Gasteiger partial charge >= 0.3 is 0 Å².